The number of rotatable bonds is 0. The van der Waals surface area contributed by atoms with Crippen molar-refractivity contribution < 1.29 is 4.79 Å². The van der Waals surface area contributed by atoms with Crippen LogP contribution in [0.3, 0.4) is 0 Å². The third kappa shape index (κ3) is 0.769. The van der Waals surface area contributed by atoms with Crippen molar-refractivity contribution in [2.24, 2.45) is 17.3 Å². The summed E-state index contributed by atoms with van der Waals surface area (Å²) in [5.41, 5.74) is 0.0457. The highest BCUT2D eigenvalue weighted by atomic mass is 16.1. The van der Waals surface area contributed by atoms with Crippen LogP contribution in [-0.2, 0) is 4.79 Å². The molecule has 12 heavy (non-hydrogen) atoms. The lowest BCUT2D eigenvalue weighted by Crippen LogP contribution is -2.52. The van der Waals surface area contributed by atoms with Crippen LogP contribution in [0.4, 0.5) is 0 Å². The molecule has 2 aliphatic rings. The summed E-state index contributed by atoms with van der Waals surface area (Å²) in [6.45, 7) is 2.10. The number of ketones is 1. The van der Waals surface area contributed by atoms with Gasteiger partial charge in [-0.2, -0.15) is 5.26 Å². The Kier molecular flexibility index (Phi) is 1.51. The molecule has 0 aromatic rings. The number of hydrogen-bond donors (Lipinski definition) is 0. The van der Waals surface area contributed by atoms with E-state index in [-0.39, 0.29) is 17.3 Å². The molecule has 2 heteroatoms. The van der Waals surface area contributed by atoms with E-state index in [4.69, 9.17) is 5.26 Å². The van der Waals surface area contributed by atoms with E-state index in [0.717, 1.165) is 25.7 Å². The number of carbonyl (C=O) groups excluding carboxylic acids is 1. The molecule has 0 radical (unpaired) electrons. The molecule has 2 saturated carbocycles. The van der Waals surface area contributed by atoms with E-state index in [1.54, 1.807) is 0 Å². The molecule has 0 aromatic heterocycles. The molecule has 0 heterocycles. The Morgan fingerprint density at radius 3 is 3.08 bits per heavy atom. The molecule has 0 bridgehead atoms. The van der Waals surface area contributed by atoms with Gasteiger partial charge in [0, 0.05) is 12.3 Å². The van der Waals surface area contributed by atoms with Gasteiger partial charge in [-0.25, -0.2) is 0 Å². The van der Waals surface area contributed by atoms with Crippen LogP contribution >= 0.6 is 0 Å². The molecule has 2 rings (SSSR count). The number of nitrogens with zero attached hydrogens (tertiary/aromatic N) is 1. The summed E-state index contributed by atoms with van der Waals surface area (Å²) in [6, 6.07) is 2.31. The molecule has 0 N–H and O–H groups in total. The summed E-state index contributed by atoms with van der Waals surface area (Å²) in [7, 11) is 0. The SMILES string of the molecule is C[C@@]12CCCC(=O)C1CC2C#N. The van der Waals surface area contributed by atoms with Crippen LogP contribution in [0.25, 0.3) is 0 Å². The third-order valence-corrected chi connectivity index (χ3v) is 3.75. The maximum Gasteiger partial charge on any atom is 0.136 e. The smallest absolute Gasteiger partial charge is 0.136 e. The molecule has 0 spiro atoms. The molecule has 0 amide bonds. The number of fused-ring (bicyclic) bond motifs is 1. The van der Waals surface area contributed by atoms with Crippen molar-refractivity contribution in [1.82, 2.24) is 0 Å². The van der Waals surface area contributed by atoms with Crippen molar-refractivity contribution in [3.05, 3.63) is 0 Å². The Labute approximate surface area is 72.6 Å². The Bertz CT molecular complexity index is 266. The van der Waals surface area contributed by atoms with Crippen molar-refractivity contribution in [3.8, 4) is 6.07 Å². The fraction of sp³-hybridized carbons (Fsp3) is 0.800. The standard InChI is InChI=1S/C10H13NO/c1-10-4-2-3-9(12)8(10)5-7(10)6-11/h7-8H,2-5H2,1H3/t7?,8?,10-/m0/s1. The zero-order valence-electron chi connectivity index (χ0n) is 7.34. The van der Waals surface area contributed by atoms with E-state index in [1.165, 1.54) is 0 Å². The van der Waals surface area contributed by atoms with Gasteiger partial charge in [0.2, 0.25) is 0 Å². The average molecular weight is 163 g/mol. The maximum absolute atomic E-state index is 11.4. The number of carbonyl (C=O) groups is 1. The van der Waals surface area contributed by atoms with E-state index in [2.05, 4.69) is 13.0 Å². The first-order valence-electron chi connectivity index (χ1n) is 4.61. The Morgan fingerprint density at radius 1 is 1.67 bits per heavy atom. The Hall–Kier alpha value is -0.840. The van der Waals surface area contributed by atoms with Crippen LogP contribution in [-0.4, -0.2) is 5.78 Å². The third-order valence-electron chi connectivity index (χ3n) is 3.75. The van der Waals surface area contributed by atoms with E-state index < -0.39 is 0 Å². The van der Waals surface area contributed by atoms with Gasteiger partial charge in [-0.15, -0.1) is 0 Å². The summed E-state index contributed by atoms with van der Waals surface area (Å²) in [4.78, 5) is 11.4. The summed E-state index contributed by atoms with van der Waals surface area (Å²) in [5, 5.41) is 8.82. The minimum atomic E-state index is 0.0457. The van der Waals surface area contributed by atoms with Crippen LogP contribution in [0.1, 0.15) is 32.6 Å². The van der Waals surface area contributed by atoms with Gasteiger partial charge >= 0.3 is 0 Å². The van der Waals surface area contributed by atoms with Crippen molar-refractivity contribution in [3.63, 3.8) is 0 Å². The minimum absolute atomic E-state index is 0.0457. The predicted octanol–water partition coefficient (Wildman–Crippen LogP) is 1.91. The normalized spacial score (nSPS) is 45.8. The summed E-state index contributed by atoms with van der Waals surface area (Å²) in [5.74, 6) is 0.762. The number of Topliss-reactive ketones (excluding diaryl/α,β-unsaturated/α-hetero) is 1. The number of hydrogen-bond acceptors (Lipinski definition) is 2. The fourth-order valence-electron chi connectivity index (χ4n) is 2.72. The summed E-state index contributed by atoms with van der Waals surface area (Å²) >= 11 is 0. The van der Waals surface area contributed by atoms with Crippen molar-refractivity contribution in [2.45, 2.75) is 32.6 Å². The lowest BCUT2D eigenvalue weighted by Gasteiger charge is -2.53. The van der Waals surface area contributed by atoms with Crippen LogP contribution in [0.15, 0.2) is 0 Å². The van der Waals surface area contributed by atoms with E-state index >= 15 is 0 Å². The van der Waals surface area contributed by atoms with Crippen LogP contribution < -0.4 is 0 Å². The van der Waals surface area contributed by atoms with Crippen LogP contribution in [0, 0.1) is 28.6 Å². The van der Waals surface area contributed by atoms with Gasteiger partial charge in [0.25, 0.3) is 0 Å². The molecule has 3 atom stereocenters. The topological polar surface area (TPSA) is 40.9 Å². The lowest BCUT2D eigenvalue weighted by molar-refractivity contribution is -0.142. The highest BCUT2D eigenvalue weighted by molar-refractivity contribution is 5.84. The quantitative estimate of drug-likeness (QED) is 0.547. The average Bonchev–Trinajstić information content (AvgIpc) is 2.01. The van der Waals surface area contributed by atoms with Gasteiger partial charge in [0.1, 0.15) is 5.78 Å². The molecule has 2 aliphatic carbocycles. The van der Waals surface area contributed by atoms with Crippen molar-refractivity contribution >= 4 is 5.78 Å². The van der Waals surface area contributed by atoms with Crippen molar-refractivity contribution in [2.75, 3.05) is 0 Å². The first-order chi connectivity index (χ1) is 5.68. The lowest BCUT2D eigenvalue weighted by atomic mass is 9.49. The van der Waals surface area contributed by atoms with Gasteiger partial charge in [-0.1, -0.05) is 6.92 Å². The predicted molar refractivity (Wildman–Crippen MR) is 44.2 cm³/mol. The molecule has 0 aliphatic heterocycles. The summed E-state index contributed by atoms with van der Waals surface area (Å²) in [6.07, 6.45) is 3.63. The first-order valence-corrected chi connectivity index (χ1v) is 4.61. The highest BCUT2D eigenvalue weighted by Crippen LogP contribution is 2.57. The maximum atomic E-state index is 11.4. The molecule has 0 saturated heterocycles. The van der Waals surface area contributed by atoms with Crippen LogP contribution in [0.2, 0.25) is 0 Å². The molecule has 2 fully saturated rings. The van der Waals surface area contributed by atoms with Gasteiger partial charge in [0.05, 0.1) is 12.0 Å². The van der Waals surface area contributed by atoms with Gasteiger partial charge in [0.15, 0.2) is 0 Å². The van der Waals surface area contributed by atoms with Crippen molar-refractivity contribution in [1.29, 1.82) is 5.26 Å². The zero-order chi connectivity index (χ0) is 8.77. The second kappa shape index (κ2) is 2.32. The second-order valence-corrected chi connectivity index (χ2v) is 4.30. The zero-order valence-corrected chi connectivity index (χ0v) is 7.34. The monoisotopic (exact) mass is 163 g/mol. The Balaban J connectivity index is 2.20. The van der Waals surface area contributed by atoms with E-state index in [0.29, 0.717) is 5.78 Å². The molecular weight excluding hydrogens is 150 g/mol. The van der Waals surface area contributed by atoms with Gasteiger partial charge in [-0.3, -0.25) is 4.79 Å². The summed E-state index contributed by atoms with van der Waals surface area (Å²) < 4.78 is 0. The van der Waals surface area contributed by atoms with Gasteiger partial charge < -0.3 is 0 Å². The molecule has 2 unspecified atom stereocenters. The molecule has 2 nitrogen and oxygen atoms in total. The van der Waals surface area contributed by atoms with Gasteiger partial charge in [-0.05, 0) is 24.7 Å². The molecular formula is C10H13NO. The first kappa shape index (κ1) is 7.79. The highest BCUT2D eigenvalue weighted by Gasteiger charge is 2.55. The second-order valence-electron chi connectivity index (χ2n) is 4.30. The largest absolute Gasteiger partial charge is 0.299 e. The fourth-order valence-corrected chi connectivity index (χ4v) is 2.72. The van der Waals surface area contributed by atoms with E-state index in [1.807, 2.05) is 0 Å². The molecule has 0 aromatic carbocycles. The molecule has 64 valence electrons. The van der Waals surface area contributed by atoms with Crippen LogP contribution in [0.5, 0.6) is 0 Å². The minimum Gasteiger partial charge on any atom is -0.299 e. The Morgan fingerprint density at radius 2 is 2.42 bits per heavy atom. The van der Waals surface area contributed by atoms with E-state index in [9.17, 15) is 4.79 Å². The number of nitriles is 1.